The molecule has 1 amide bonds. The van der Waals surface area contributed by atoms with E-state index in [0.717, 1.165) is 27.9 Å². The Balaban J connectivity index is 1.18. The summed E-state index contributed by atoms with van der Waals surface area (Å²) in [5.41, 5.74) is 5.37. The van der Waals surface area contributed by atoms with E-state index in [4.69, 9.17) is 4.42 Å². The Morgan fingerprint density at radius 1 is 0.912 bits per heavy atom. The van der Waals surface area contributed by atoms with E-state index < -0.39 is 0 Å². The Morgan fingerprint density at radius 3 is 2.44 bits per heavy atom. The molecule has 3 aromatic carbocycles. The molecule has 5 rings (SSSR count). The van der Waals surface area contributed by atoms with E-state index in [-0.39, 0.29) is 5.91 Å². The van der Waals surface area contributed by atoms with Gasteiger partial charge in [-0.25, -0.2) is 4.68 Å². The first-order valence-electron chi connectivity index (χ1n) is 11.0. The number of carbonyl (C=O) groups excluding carboxylic acids is 1. The molecular weight excluding hydrogens is 426 g/mol. The minimum Gasteiger partial charge on any atom is -0.416 e. The summed E-state index contributed by atoms with van der Waals surface area (Å²) in [6.45, 7) is 2.52. The minimum atomic E-state index is -0.131. The standard InChI is InChI=1S/C27H23N5O2/c1-19-7-5-6-10-24(19)27-31-30-26(34-27)22-13-11-21(12-14-22)25(33)28-16-15-20-17-29-32(18-20)23-8-3-2-4-9-23/h2-14,17-18H,15-16H2,1H3,(H,28,33). The molecule has 0 saturated heterocycles. The second kappa shape index (κ2) is 9.54. The van der Waals surface area contributed by atoms with Gasteiger partial charge in [0, 0.05) is 29.4 Å². The third kappa shape index (κ3) is 4.63. The number of benzene rings is 3. The number of hydrogen-bond donors (Lipinski definition) is 1. The zero-order valence-corrected chi connectivity index (χ0v) is 18.7. The van der Waals surface area contributed by atoms with Gasteiger partial charge in [0.05, 0.1) is 11.9 Å². The molecule has 2 heterocycles. The molecule has 0 bridgehead atoms. The third-order valence-corrected chi connectivity index (χ3v) is 5.55. The Bertz CT molecular complexity index is 1400. The van der Waals surface area contributed by atoms with Gasteiger partial charge in [0.25, 0.3) is 5.91 Å². The predicted octanol–water partition coefficient (Wildman–Crippen LogP) is 4.87. The number of rotatable bonds is 7. The summed E-state index contributed by atoms with van der Waals surface area (Å²) in [4.78, 5) is 12.6. The van der Waals surface area contributed by atoms with Crippen molar-refractivity contribution in [2.45, 2.75) is 13.3 Å². The quantitative estimate of drug-likeness (QED) is 0.383. The minimum absolute atomic E-state index is 0.131. The van der Waals surface area contributed by atoms with Gasteiger partial charge in [0.2, 0.25) is 11.8 Å². The van der Waals surface area contributed by atoms with Crippen LogP contribution in [-0.2, 0) is 6.42 Å². The van der Waals surface area contributed by atoms with Crippen LogP contribution in [0.2, 0.25) is 0 Å². The maximum atomic E-state index is 12.6. The molecule has 34 heavy (non-hydrogen) atoms. The Labute approximate surface area is 197 Å². The van der Waals surface area contributed by atoms with Gasteiger partial charge in [-0.05, 0) is 66.9 Å². The van der Waals surface area contributed by atoms with Crippen LogP contribution in [-0.4, -0.2) is 32.4 Å². The second-order valence-electron chi connectivity index (χ2n) is 7.94. The van der Waals surface area contributed by atoms with Crippen molar-refractivity contribution in [3.05, 3.63) is 108 Å². The summed E-state index contributed by atoms with van der Waals surface area (Å²) in [6, 6.07) is 24.9. The number of nitrogens with one attached hydrogen (secondary N) is 1. The van der Waals surface area contributed by atoms with E-state index in [1.807, 2.05) is 90.7 Å². The zero-order chi connectivity index (χ0) is 23.3. The largest absolute Gasteiger partial charge is 0.416 e. The van der Waals surface area contributed by atoms with Crippen LogP contribution in [0.5, 0.6) is 0 Å². The number of para-hydroxylation sites is 1. The summed E-state index contributed by atoms with van der Waals surface area (Å²) in [6.07, 6.45) is 4.50. The molecule has 0 aliphatic rings. The molecule has 7 nitrogen and oxygen atoms in total. The van der Waals surface area contributed by atoms with Gasteiger partial charge in [-0.2, -0.15) is 5.10 Å². The van der Waals surface area contributed by atoms with E-state index >= 15 is 0 Å². The molecule has 168 valence electrons. The molecule has 0 aliphatic heterocycles. The van der Waals surface area contributed by atoms with Gasteiger partial charge < -0.3 is 9.73 Å². The number of aromatic nitrogens is 4. The molecule has 0 aliphatic carbocycles. The maximum Gasteiger partial charge on any atom is 0.251 e. The van der Waals surface area contributed by atoms with Crippen LogP contribution in [0.4, 0.5) is 0 Å². The fourth-order valence-electron chi connectivity index (χ4n) is 3.66. The smallest absolute Gasteiger partial charge is 0.251 e. The number of aryl methyl sites for hydroxylation is 1. The second-order valence-corrected chi connectivity index (χ2v) is 7.94. The number of nitrogens with zero attached hydrogens (tertiary/aromatic N) is 4. The molecular formula is C27H23N5O2. The average molecular weight is 450 g/mol. The van der Waals surface area contributed by atoms with Gasteiger partial charge in [-0.1, -0.05) is 36.4 Å². The van der Waals surface area contributed by atoms with Crippen LogP contribution in [0, 0.1) is 6.92 Å². The molecule has 0 saturated carbocycles. The van der Waals surface area contributed by atoms with Crippen molar-refractivity contribution < 1.29 is 9.21 Å². The van der Waals surface area contributed by atoms with Gasteiger partial charge in [-0.3, -0.25) is 4.79 Å². The Kier molecular flexibility index (Phi) is 5.99. The summed E-state index contributed by atoms with van der Waals surface area (Å²) < 4.78 is 7.69. The molecule has 2 aromatic heterocycles. The first-order valence-corrected chi connectivity index (χ1v) is 11.0. The van der Waals surface area contributed by atoms with Crippen molar-refractivity contribution in [2.24, 2.45) is 0 Å². The number of hydrogen-bond acceptors (Lipinski definition) is 5. The highest BCUT2D eigenvalue weighted by Crippen LogP contribution is 2.26. The van der Waals surface area contributed by atoms with Gasteiger partial charge in [-0.15, -0.1) is 10.2 Å². The highest BCUT2D eigenvalue weighted by Gasteiger charge is 2.13. The summed E-state index contributed by atoms with van der Waals surface area (Å²) in [7, 11) is 0. The molecule has 1 N–H and O–H groups in total. The molecule has 0 atom stereocenters. The third-order valence-electron chi connectivity index (χ3n) is 5.55. The normalized spacial score (nSPS) is 10.9. The van der Waals surface area contributed by atoms with Gasteiger partial charge in [0.1, 0.15) is 0 Å². The molecule has 7 heteroatoms. The number of amides is 1. The average Bonchev–Trinajstić information content (AvgIpc) is 3.55. The number of carbonyl (C=O) groups is 1. The monoisotopic (exact) mass is 449 g/mol. The van der Waals surface area contributed by atoms with E-state index in [1.165, 1.54) is 0 Å². The lowest BCUT2D eigenvalue weighted by molar-refractivity contribution is 0.0954. The Hall–Kier alpha value is -4.52. The van der Waals surface area contributed by atoms with Crippen molar-refractivity contribution >= 4 is 5.91 Å². The van der Waals surface area contributed by atoms with Crippen molar-refractivity contribution in [1.82, 2.24) is 25.3 Å². The predicted molar refractivity (Wildman–Crippen MR) is 130 cm³/mol. The Morgan fingerprint density at radius 2 is 1.65 bits per heavy atom. The molecule has 0 fully saturated rings. The van der Waals surface area contributed by atoms with Crippen LogP contribution < -0.4 is 5.32 Å². The van der Waals surface area contributed by atoms with Crippen molar-refractivity contribution in [1.29, 1.82) is 0 Å². The first-order chi connectivity index (χ1) is 16.7. The van der Waals surface area contributed by atoms with Crippen LogP contribution in [0.3, 0.4) is 0 Å². The molecule has 5 aromatic rings. The van der Waals surface area contributed by atoms with Crippen LogP contribution in [0.15, 0.2) is 95.7 Å². The van der Waals surface area contributed by atoms with Crippen LogP contribution >= 0.6 is 0 Å². The maximum absolute atomic E-state index is 12.6. The zero-order valence-electron chi connectivity index (χ0n) is 18.7. The summed E-state index contributed by atoms with van der Waals surface area (Å²) in [5.74, 6) is 0.763. The summed E-state index contributed by atoms with van der Waals surface area (Å²) in [5, 5.41) is 15.7. The van der Waals surface area contributed by atoms with Crippen LogP contribution in [0.25, 0.3) is 28.6 Å². The highest BCUT2D eigenvalue weighted by molar-refractivity contribution is 5.94. The SMILES string of the molecule is Cc1ccccc1-c1nnc(-c2ccc(C(=O)NCCc3cnn(-c4ccccc4)c3)cc2)o1. The first kappa shape index (κ1) is 21.3. The van der Waals surface area contributed by atoms with E-state index in [0.29, 0.717) is 30.3 Å². The van der Waals surface area contributed by atoms with Crippen molar-refractivity contribution in [3.63, 3.8) is 0 Å². The lowest BCUT2D eigenvalue weighted by Gasteiger charge is -2.05. The summed E-state index contributed by atoms with van der Waals surface area (Å²) >= 11 is 0. The topological polar surface area (TPSA) is 85.8 Å². The van der Waals surface area contributed by atoms with E-state index in [9.17, 15) is 4.79 Å². The highest BCUT2D eigenvalue weighted by atomic mass is 16.4. The lowest BCUT2D eigenvalue weighted by atomic mass is 10.1. The van der Waals surface area contributed by atoms with Gasteiger partial charge >= 0.3 is 0 Å². The molecule has 0 radical (unpaired) electrons. The fraction of sp³-hybridized carbons (Fsp3) is 0.111. The van der Waals surface area contributed by atoms with Crippen LogP contribution in [0.1, 0.15) is 21.5 Å². The lowest BCUT2D eigenvalue weighted by Crippen LogP contribution is -2.25. The van der Waals surface area contributed by atoms with E-state index in [2.05, 4.69) is 20.6 Å². The fourth-order valence-corrected chi connectivity index (χ4v) is 3.66. The van der Waals surface area contributed by atoms with Gasteiger partial charge in [0.15, 0.2) is 0 Å². The van der Waals surface area contributed by atoms with Crippen molar-refractivity contribution in [3.8, 4) is 28.6 Å². The van der Waals surface area contributed by atoms with Crippen molar-refractivity contribution in [2.75, 3.05) is 6.54 Å². The molecule has 0 spiro atoms. The van der Waals surface area contributed by atoms with E-state index in [1.54, 1.807) is 12.1 Å². The molecule has 0 unspecified atom stereocenters.